The molecule has 5 rings (SSSR count). The molecule has 1 fully saturated rings. The molecule has 2 atom stereocenters. The van der Waals surface area contributed by atoms with Gasteiger partial charge in [-0.3, -0.25) is 0 Å². The van der Waals surface area contributed by atoms with Gasteiger partial charge in [-0.05, 0) is 62.9 Å². The van der Waals surface area contributed by atoms with Gasteiger partial charge in [0.1, 0.15) is 11.6 Å². The molecular formula is C23H28N6O. The predicted octanol–water partition coefficient (Wildman–Crippen LogP) is 3.58. The Morgan fingerprint density at radius 2 is 2.13 bits per heavy atom. The highest BCUT2D eigenvalue weighted by Crippen LogP contribution is 2.32. The van der Waals surface area contributed by atoms with Crippen molar-refractivity contribution in [2.24, 2.45) is 0 Å². The Kier molecular flexibility index (Phi) is 5.12. The number of aromatic nitrogens is 5. The molecule has 1 saturated heterocycles. The smallest absolute Gasteiger partial charge is 0.174 e. The van der Waals surface area contributed by atoms with Crippen LogP contribution in [0.3, 0.4) is 0 Å². The Labute approximate surface area is 176 Å². The minimum absolute atomic E-state index is 0.480. The molecule has 7 nitrogen and oxygen atoms in total. The van der Waals surface area contributed by atoms with E-state index in [0.717, 1.165) is 47.4 Å². The molecule has 3 aromatic rings. The molecule has 0 spiro atoms. The van der Waals surface area contributed by atoms with Crippen LogP contribution in [0, 0.1) is 6.92 Å². The van der Waals surface area contributed by atoms with Crippen LogP contribution < -0.4 is 10.1 Å². The first kappa shape index (κ1) is 19.1. The summed E-state index contributed by atoms with van der Waals surface area (Å²) in [5, 5.41) is 8.39. The van der Waals surface area contributed by atoms with Crippen molar-refractivity contribution < 1.29 is 4.74 Å². The second kappa shape index (κ2) is 8.07. The number of nitrogens with one attached hydrogen (secondary N) is 1. The maximum atomic E-state index is 5.61. The van der Waals surface area contributed by atoms with Crippen molar-refractivity contribution in [1.29, 1.82) is 0 Å². The zero-order valence-corrected chi connectivity index (χ0v) is 17.6. The van der Waals surface area contributed by atoms with Gasteiger partial charge in [-0.15, -0.1) is 0 Å². The van der Waals surface area contributed by atoms with Crippen molar-refractivity contribution >= 4 is 12.2 Å². The summed E-state index contributed by atoms with van der Waals surface area (Å²) in [5.41, 5.74) is 2.99. The second-order valence-corrected chi connectivity index (χ2v) is 8.19. The van der Waals surface area contributed by atoms with Crippen LogP contribution in [0.2, 0.25) is 0 Å². The Bertz CT molecular complexity index is 1060. The van der Waals surface area contributed by atoms with Crippen molar-refractivity contribution in [3.05, 3.63) is 53.6 Å². The first-order chi connectivity index (χ1) is 14.7. The molecule has 0 bridgehead atoms. The number of methoxy groups -OCH3 is 1. The van der Waals surface area contributed by atoms with E-state index in [1.54, 1.807) is 13.4 Å². The predicted molar refractivity (Wildman–Crippen MR) is 117 cm³/mol. The van der Waals surface area contributed by atoms with Crippen LogP contribution in [0.4, 0.5) is 0 Å². The molecule has 0 amide bonds. The van der Waals surface area contributed by atoms with Gasteiger partial charge in [0.25, 0.3) is 0 Å². The number of rotatable bonds is 5. The van der Waals surface area contributed by atoms with Crippen LogP contribution in [-0.2, 0) is 6.54 Å². The van der Waals surface area contributed by atoms with Gasteiger partial charge in [0.15, 0.2) is 5.82 Å². The number of hydrogen-bond acceptors (Lipinski definition) is 5. The van der Waals surface area contributed by atoms with E-state index in [2.05, 4.69) is 27.1 Å². The lowest BCUT2D eigenvalue weighted by Gasteiger charge is -2.27. The van der Waals surface area contributed by atoms with Gasteiger partial charge in [0.2, 0.25) is 0 Å². The first-order valence-electron chi connectivity index (χ1n) is 10.8. The molecule has 2 aliphatic heterocycles. The topological polar surface area (TPSA) is 69.8 Å². The third-order valence-corrected chi connectivity index (χ3v) is 6.14. The summed E-state index contributed by atoms with van der Waals surface area (Å²) in [6.45, 7) is 4.07. The Morgan fingerprint density at radius 3 is 2.90 bits per heavy atom. The van der Waals surface area contributed by atoms with Crippen LogP contribution in [-0.4, -0.2) is 44.0 Å². The van der Waals surface area contributed by atoms with E-state index in [-0.39, 0.29) is 0 Å². The van der Waals surface area contributed by atoms with Gasteiger partial charge in [-0.2, -0.15) is 5.10 Å². The zero-order chi connectivity index (χ0) is 20.5. The fourth-order valence-electron chi connectivity index (χ4n) is 4.64. The number of imidazole rings is 1. The molecule has 7 heteroatoms. The molecule has 30 heavy (non-hydrogen) atoms. The van der Waals surface area contributed by atoms with Gasteiger partial charge in [-0.1, -0.05) is 12.1 Å². The number of hydrogen-bond donors (Lipinski definition) is 1. The van der Waals surface area contributed by atoms with E-state index < -0.39 is 0 Å². The van der Waals surface area contributed by atoms with Gasteiger partial charge in [0.05, 0.1) is 24.8 Å². The normalized spacial score (nSPS) is 21.3. The van der Waals surface area contributed by atoms with E-state index >= 15 is 0 Å². The molecule has 1 aromatic carbocycles. The molecule has 156 valence electrons. The fraction of sp³-hybridized carbons (Fsp3) is 0.435. The number of aryl methyl sites for hydroxylation is 2. The summed E-state index contributed by atoms with van der Waals surface area (Å²) < 4.78 is 9.70. The Hall–Kier alpha value is -2.93. The van der Waals surface area contributed by atoms with Crippen LogP contribution in [0.15, 0.2) is 30.7 Å². The average molecular weight is 405 g/mol. The maximum absolute atomic E-state index is 5.61. The number of benzene rings is 1. The molecule has 4 heterocycles. The lowest BCUT2D eigenvalue weighted by molar-refractivity contribution is 0.355. The summed E-state index contributed by atoms with van der Waals surface area (Å²) in [5.74, 6) is 3.21. The molecule has 2 aromatic heterocycles. The largest absolute Gasteiger partial charge is 0.495 e. The molecule has 0 radical (unpaired) electrons. The van der Waals surface area contributed by atoms with Gasteiger partial charge < -0.3 is 14.6 Å². The van der Waals surface area contributed by atoms with Crippen LogP contribution >= 0.6 is 0 Å². The molecular weight excluding hydrogens is 376 g/mol. The highest BCUT2D eigenvalue weighted by molar-refractivity contribution is 5.69. The monoisotopic (exact) mass is 404 g/mol. The second-order valence-electron chi connectivity index (χ2n) is 8.19. The third kappa shape index (κ3) is 3.65. The van der Waals surface area contributed by atoms with Gasteiger partial charge in [-0.25, -0.2) is 14.6 Å². The van der Waals surface area contributed by atoms with Crippen molar-refractivity contribution in [3.63, 3.8) is 0 Å². The van der Waals surface area contributed by atoms with E-state index in [9.17, 15) is 0 Å². The zero-order valence-electron chi connectivity index (χ0n) is 17.6. The highest BCUT2D eigenvalue weighted by atomic mass is 16.5. The molecule has 2 aliphatic rings. The molecule has 0 aliphatic carbocycles. The SMILES string of the molecule is COc1cc(/C=C/c2nc3n(n2)CCCC3C2CCCN2)ccc1-n1cnc(C)c1. The Balaban J connectivity index is 1.38. The third-order valence-electron chi connectivity index (χ3n) is 6.14. The van der Waals surface area contributed by atoms with Crippen molar-refractivity contribution in [3.8, 4) is 11.4 Å². The van der Waals surface area contributed by atoms with E-state index in [0.29, 0.717) is 12.0 Å². The molecule has 2 unspecified atom stereocenters. The van der Waals surface area contributed by atoms with Crippen molar-refractivity contribution in [1.82, 2.24) is 29.6 Å². The summed E-state index contributed by atoms with van der Waals surface area (Å²) in [6, 6.07) is 6.70. The number of ether oxygens (including phenoxy) is 1. The minimum atomic E-state index is 0.480. The Morgan fingerprint density at radius 1 is 1.20 bits per heavy atom. The standard InChI is InChI=1S/C23H28N6O/c1-16-14-28(15-25-16)20-9-7-17(13-21(20)30-2)8-10-22-26-23-18(19-6-3-11-24-19)5-4-12-29(23)27-22/h7-10,13-15,18-19,24H,3-6,11-12H2,1-2H3/b10-8+. The van der Waals surface area contributed by atoms with Crippen LogP contribution in [0.1, 0.15) is 54.5 Å². The number of fused-ring (bicyclic) bond motifs is 1. The average Bonchev–Trinajstić information content (AvgIpc) is 3.52. The summed E-state index contributed by atoms with van der Waals surface area (Å²) >= 11 is 0. The minimum Gasteiger partial charge on any atom is -0.495 e. The molecule has 0 saturated carbocycles. The quantitative estimate of drug-likeness (QED) is 0.704. The first-order valence-corrected chi connectivity index (χ1v) is 10.8. The van der Waals surface area contributed by atoms with Crippen LogP contribution in [0.5, 0.6) is 5.75 Å². The van der Waals surface area contributed by atoms with E-state index in [1.807, 2.05) is 35.9 Å². The highest BCUT2D eigenvalue weighted by Gasteiger charge is 2.32. The summed E-state index contributed by atoms with van der Waals surface area (Å²) in [6.07, 6.45) is 12.7. The molecule has 1 N–H and O–H groups in total. The fourth-order valence-corrected chi connectivity index (χ4v) is 4.64. The van der Waals surface area contributed by atoms with Gasteiger partial charge in [0, 0.05) is 24.7 Å². The van der Waals surface area contributed by atoms with E-state index in [1.165, 1.54) is 25.7 Å². The number of nitrogens with zero attached hydrogens (tertiary/aromatic N) is 5. The summed E-state index contributed by atoms with van der Waals surface area (Å²) in [4.78, 5) is 9.19. The van der Waals surface area contributed by atoms with Crippen molar-refractivity contribution in [2.75, 3.05) is 13.7 Å². The van der Waals surface area contributed by atoms with E-state index in [4.69, 9.17) is 14.8 Å². The van der Waals surface area contributed by atoms with Gasteiger partial charge >= 0.3 is 0 Å². The maximum Gasteiger partial charge on any atom is 0.174 e. The van der Waals surface area contributed by atoms with Crippen molar-refractivity contribution in [2.45, 2.75) is 51.1 Å². The lowest BCUT2D eigenvalue weighted by Crippen LogP contribution is -2.33. The summed E-state index contributed by atoms with van der Waals surface area (Å²) in [7, 11) is 1.69. The lowest BCUT2D eigenvalue weighted by atomic mass is 9.90. The van der Waals surface area contributed by atoms with Crippen LogP contribution in [0.25, 0.3) is 17.8 Å².